The molecule has 0 saturated carbocycles. The summed E-state index contributed by atoms with van der Waals surface area (Å²) in [5, 5.41) is 8.93. The van der Waals surface area contributed by atoms with Crippen molar-refractivity contribution < 1.29 is 23.5 Å². The molecule has 1 saturated heterocycles. The molecule has 1 aliphatic rings. The first-order chi connectivity index (χ1) is 8.50. The maximum Gasteiger partial charge on any atom is 0.327 e. The van der Waals surface area contributed by atoms with Gasteiger partial charge in [-0.05, 0) is 18.2 Å². The second-order valence-electron chi connectivity index (χ2n) is 3.75. The fourth-order valence-corrected chi connectivity index (χ4v) is 2.81. The molecule has 1 fully saturated rings. The Morgan fingerprint density at radius 2 is 2.11 bits per heavy atom. The van der Waals surface area contributed by atoms with Crippen molar-refractivity contribution in [1.29, 1.82) is 0 Å². The summed E-state index contributed by atoms with van der Waals surface area (Å²) in [6, 6.07) is 1.53. The highest BCUT2D eigenvalue weighted by Crippen LogP contribution is 2.24. The number of hydrogen-bond donors (Lipinski definition) is 1. The van der Waals surface area contributed by atoms with Crippen molar-refractivity contribution in [2.45, 2.75) is 6.04 Å². The molecular weight excluding hydrogens is 264 g/mol. The number of thioether (sulfide) groups is 1. The third-order valence-electron chi connectivity index (χ3n) is 2.59. The Labute approximate surface area is 106 Å². The van der Waals surface area contributed by atoms with Crippen LogP contribution in [-0.4, -0.2) is 39.6 Å². The Hall–Kier alpha value is -1.63. The van der Waals surface area contributed by atoms with Crippen LogP contribution >= 0.6 is 11.8 Å². The molecular formula is C11H9F2NO3S. The minimum Gasteiger partial charge on any atom is -0.480 e. The highest BCUT2D eigenvalue weighted by molar-refractivity contribution is 7.99. The monoisotopic (exact) mass is 273 g/mol. The molecule has 1 unspecified atom stereocenters. The van der Waals surface area contributed by atoms with Crippen LogP contribution in [0.25, 0.3) is 0 Å². The SMILES string of the molecule is O=C(O)C1CSCN1C(=O)c1cc(F)ccc1F. The summed E-state index contributed by atoms with van der Waals surface area (Å²) < 4.78 is 26.4. The largest absolute Gasteiger partial charge is 0.480 e. The van der Waals surface area contributed by atoms with Gasteiger partial charge in [-0.2, -0.15) is 0 Å². The van der Waals surface area contributed by atoms with Crippen LogP contribution in [-0.2, 0) is 4.79 Å². The first-order valence-electron chi connectivity index (χ1n) is 5.07. The van der Waals surface area contributed by atoms with Crippen LogP contribution in [0.15, 0.2) is 18.2 Å². The van der Waals surface area contributed by atoms with E-state index in [-0.39, 0.29) is 11.6 Å². The first kappa shape index (κ1) is 12.8. The van der Waals surface area contributed by atoms with Crippen LogP contribution in [0.2, 0.25) is 0 Å². The van der Waals surface area contributed by atoms with E-state index in [2.05, 4.69) is 0 Å². The predicted octanol–water partition coefficient (Wildman–Crippen LogP) is 1.56. The molecule has 7 heteroatoms. The van der Waals surface area contributed by atoms with Crippen molar-refractivity contribution >= 4 is 23.6 Å². The lowest BCUT2D eigenvalue weighted by Crippen LogP contribution is -2.42. The second-order valence-corrected chi connectivity index (χ2v) is 4.75. The van der Waals surface area contributed by atoms with E-state index in [1.807, 2.05) is 0 Å². The van der Waals surface area contributed by atoms with Crippen LogP contribution in [0.1, 0.15) is 10.4 Å². The number of hydrogen-bond acceptors (Lipinski definition) is 3. The van der Waals surface area contributed by atoms with Gasteiger partial charge in [-0.25, -0.2) is 13.6 Å². The van der Waals surface area contributed by atoms with Crippen LogP contribution in [0.3, 0.4) is 0 Å². The third-order valence-corrected chi connectivity index (χ3v) is 3.60. The van der Waals surface area contributed by atoms with Gasteiger partial charge in [0.1, 0.15) is 17.7 Å². The van der Waals surface area contributed by atoms with Gasteiger partial charge in [-0.15, -0.1) is 11.8 Å². The molecule has 1 aliphatic heterocycles. The molecule has 4 nitrogen and oxygen atoms in total. The van der Waals surface area contributed by atoms with Crippen LogP contribution in [0.4, 0.5) is 8.78 Å². The van der Waals surface area contributed by atoms with Crippen molar-refractivity contribution in [2.75, 3.05) is 11.6 Å². The quantitative estimate of drug-likeness (QED) is 0.888. The minimum absolute atomic E-state index is 0.158. The maximum atomic E-state index is 13.4. The fraction of sp³-hybridized carbons (Fsp3) is 0.273. The normalized spacial score (nSPS) is 19.0. The van der Waals surface area contributed by atoms with Gasteiger partial charge in [0.2, 0.25) is 0 Å². The van der Waals surface area contributed by atoms with E-state index < -0.39 is 35.1 Å². The molecule has 2 rings (SSSR count). The van der Waals surface area contributed by atoms with Gasteiger partial charge in [0.15, 0.2) is 0 Å². The number of halogens is 2. The maximum absolute atomic E-state index is 13.4. The zero-order valence-corrected chi connectivity index (χ0v) is 9.92. The molecule has 18 heavy (non-hydrogen) atoms. The smallest absolute Gasteiger partial charge is 0.327 e. The lowest BCUT2D eigenvalue weighted by Gasteiger charge is -2.20. The number of rotatable bonds is 2. The van der Waals surface area contributed by atoms with E-state index in [1.165, 1.54) is 11.8 Å². The van der Waals surface area contributed by atoms with E-state index >= 15 is 0 Å². The summed E-state index contributed by atoms with van der Waals surface area (Å²) in [6.07, 6.45) is 0. The lowest BCUT2D eigenvalue weighted by atomic mass is 10.1. The number of carboxylic acid groups (broad SMARTS) is 1. The highest BCUT2D eigenvalue weighted by Gasteiger charge is 2.35. The Balaban J connectivity index is 2.31. The molecule has 1 amide bonds. The first-order valence-corrected chi connectivity index (χ1v) is 6.22. The zero-order valence-electron chi connectivity index (χ0n) is 9.10. The molecule has 0 radical (unpaired) electrons. The fourth-order valence-electron chi connectivity index (χ4n) is 1.66. The van der Waals surface area contributed by atoms with E-state index in [0.29, 0.717) is 0 Å². The Bertz CT molecular complexity index is 509. The van der Waals surface area contributed by atoms with Gasteiger partial charge in [-0.1, -0.05) is 0 Å². The van der Waals surface area contributed by atoms with Gasteiger partial charge < -0.3 is 10.0 Å². The average molecular weight is 273 g/mol. The number of benzene rings is 1. The van der Waals surface area contributed by atoms with Gasteiger partial charge in [0.05, 0.1) is 11.4 Å². The van der Waals surface area contributed by atoms with Crippen LogP contribution in [0, 0.1) is 11.6 Å². The van der Waals surface area contributed by atoms with Gasteiger partial charge >= 0.3 is 5.97 Å². The number of carboxylic acids is 1. The summed E-state index contributed by atoms with van der Waals surface area (Å²) in [5.41, 5.74) is -0.441. The average Bonchev–Trinajstić information content (AvgIpc) is 2.80. The van der Waals surface area contributed by atoms with E-state index in [1.54, 1.807) is 0 Å². The summed E-state index contributed by atoms with van der Waals surface area (Å²) in [4.78, 5) is 23.9. The molecule has 1 aromatic carbocycles. The number of amides is 1. The van der Waals surface area contributed by atoms with E-state index in [4.69, 9.17) is 5.11 Å². The lowest BCUT2D eigenvalue weighted by molar-refractivity contribution is -0.140. The van der Waals surface area contributed by atoms with Gasteiger partial charge in [0.25, 0.3) is 5.91 Å². The molecule has 96 valence electrons. The third kappa shape index (κ3) is 2.31. The van der Waals surface area contributed by atoms with Crippen molar-refractivity contribution in [1.82, 2.24) is 4.90 Å². The summed E-state index contributed by atoms with van der Waals surface area (Å²) in [5.74, 6) is -3.14. The standard InChI is InChI=1S/C11H9F2NO3S/c12-6-1-2-8(13)7(3-6)10(15)14-5-18-4-9(14)11(16)17/h1-3,9H,4-5H2,(H,16,17). The molecule has 0 aliphatic carbocycles. The zero-order chi connectivity index (χ0) is 13.3. The molecule has 1 atom stereocenters. The molecule has 1 aromatic rings. The van der Waals surface area contributed by atoms with Crippen LogP contribution in [0.5, 0.6) is 0 Å². The molecule has 0 aromatic heterocycles. The highest BCUT2D eigenvalue weighted by atomic mass is 32.2. The van der Waals surface area contributed by atoms with Gasteiger partial charge in [0, 0.05) is 5.75 Å². The summed E-state index contributed by atoms with van der Waals surface area (Å²) >= 11 is 1.26. The van der Waals surface area contributed by atoms with Crippen molar-refractivity contribution in [2.24, 2.45) is 0 Å². The van der Waals surface area contributed by atoms with Crippen molar-refractivity contribution in [3.8, 4) is 0 Å². The van der Waals surface area contributed by atoms with Crippen molar-refractivity contribution in [3.63, 3.8) is 0 Å². The predicted molar refractivity (Wildman–Crippen MR) is 61.3 cm³/mol. The molecule has 1 heterocycles. The number of nitrogens with zero attached hydrogens (tertiary/aromatic N) is 1. The summed E-state index contributed by atoms with van der Waals surface area (Å²) in [6.45, 7) is 0. The Morgan fingerprint density at radius 1 is 1.39 bits per heavy atom. The number of carbonyl (C=O) groups is 2. The minimum atomic E-state index is -1.15. The Morgan fingerprint density at radius 3 is 2.78 bits per heavy atom. The van der Waals surface area contributed by atoms with Crippen LogP contribution < -0.4 is 0 Å². The number of carbonyl (C=O) groups excluding carboxylic acids is 1. The Kier molecular flexibility index (Phi) is 3.51. The topological polar surface area (TPSA) is 57.6 Å². The second kappa shape index (κ2) is 4.93. The van der Waals surface area contributed by atoms with Gasteiger partial charge in [-0.3, -0.25) is 4.79 Å². The number of aliphatic carboxylic acids is 1. The molecule has 0 spiro atoms. The van der Waals surface area contributed by atoms with E-state index in [0.717, 1.165) is 23.1 Å². The molecule has 0 bridgehead atoms. The van der Waals surface area contributed by atoms with E-state index in [9.17, 15) is 18.4 Å². The molecule has 1 N–H and O–H groups in total. The van der Waals surface area contributed by atoms with Crippen molar-refractivity contribution in [3.05, 3.63) is 35.4 Å². The summed E-state index contributed by atoms with van der Waals surface area (Å²) in [7, 11) is 0.